The third kappa shape index (κ3) is 75.0. The van der Waals surface area contributed by atoms with E-state index in [1.165, 1.54) is 372 Å². The normalized spacial score (nSPS) is 12.6. The molecule has 1 amide bonds. The molecule has 0 radical (unpaired) electrons. The van der Waals surface area contributed by atoms with Crippen LogP contribution in [0.5, 0.6) is 0 Å². The summed E-state index contributed by atoms with van der Waals surface area (Å²) in [7, 11) is 0. The fourth-order valence-electron chi connectivity index (χ4n) is 13.0. The smallest absolute Gasteiger partial charge is 0.305 e. The Morgan fingerprint density at radius 3 is 0.865 bits per heavy atom. The molecule has 0 heterocycles. The number of allylic oxidation sites excluding steroid dienone is 6. The van der Waals surface area contributed by atoms with Crippen molar-refractivity contribution in [2.24, 2.45) is 0 Å². The molecule has 6 heteroatoms. The number of carbonyl (C=O) groups excluding carboxylic acids is 2. The lowest BCUT2D eigenvalue weighted by molar-refractivity contribution is -0.143. The SMILES string of the molecule is CCCCCCCCC/C=C\CCCCCCCCCC(=O)OCCCCCCCCCCCCCCCCC/C=C\C/C=C\CCCCCCCCCCCCCCCCCCCC(=O)NC(CO)C(O)CCCCCCCCCCCCCCCCC. The van der Waals surface area contributed by atoms with Crippen LogP contribution in [-0.4, -0.2) is 47.4 Å². The Hall–Kier alpha value is -1.92. The molecule has 0 saturated carbocycles. The topological polar surface area (TPSA) is 95.9 Å². The lowest BCUT2D eigenvalue weighted by atomic mass is 10.0. The van der Waals surface area contributed by atoms with Crippen LogP contribution < -0.4 is 5.32 Å². The molecule has 0 aromatic heterocycles. The highest BCUT2D eigenvalue weighted by Crippen LogP contribution is 2.20. The summed E-state index contributed by atoms with van der Waals surface area (Å²) >= 11 is 0. The van der Waals surface area contributed by atoms with Crippen molar-refractivity contribution in [1.29, 1.82) is 0 Å². The molecule has 0 fully saturated rings. The number of ether oxygens (including phenoxy) is 1. The Bertz CT molecular complexity index is 1440. The van der Waals surface area contributed by atoms with Gasteiger partial charge >= 0.3 is 5.97 Å². The van der Waals surface area contributed by atoms with Crippen molar-refractivity contribution >= 4 is 11.9 Å². The van der Waals surface area contributed by atoms with Gasteiger partial charge < -0.3 is 20.3 Å². The van der Waals surface area contributed by atoms with Crippen molar-refractivity contribution in [3.8, 4) is 0 Å². The van der Waals surface area contributed by atoms with Crippen LogP contribution in [0.1, 0.15) is 457 Å². The first-order chi connectivity index (χ1) is 44.0. The number of hydrogen-bond acceptors (Lipinski definition) is 5. The summed E-state index contributed by atoms with van der Waals surface area (Å²) in [6.07, 6.45) is 103. The molecule has 2 unspecified atom stereocenters. The van der Waals surface area contributed by atoms with Crippen LogP contribution in [0.15, 0.2) is 36.5 Å². The van der Waals surface area contributed by atoms with Gasteiger partial charge in [0.2, 0.25) is 5.91 Å². The minimum atomic E-state index is -0.662. The van der Waals surface area contributed by atoms with Crippen LogP contribution in [0.25, 0.3) is 0 Å². The molecule has 0 rings (SSSR count). The Balaban J connectivity index is 3.34. The van der Waals surface area contributed by atoms with Crippen molar-refractivity contribution in [3.05, 3.63) is 36.5 Å². The molecule has 0 aromatic rings. The first-order valence-electron chi connectivity index (χ1n) is 40.7. The van der Waals surface area contributed by atoms with E-state index in [1.54, 1.807) is 0 Å². The van der Waals surface area contributed by atoms with E-state index in [-0.39, 0.29) is 18.5 Å². The third-order valence-electron chi connectivity index (χ3n) is 19.2. The van der Waals surface area contributed by atoms with Gasteiger partial charge in [0, 0.05) is 12.8 Å². The lowest BCUT2D eigenvalue weighted by Crippen LogP contribution is -2.45. The molecule has 0 aromatic carbocycles. The van der Waals surface area contributed by atoms with E-state index in [2.05, 4.69) is 55.6 Å². The molecular weight excluding hydrogens is 1090 g/mol. The zero-order valence-electron chi connectivity index (χ0n) is 60.4. The average Bonchev–Trinajstić information content (AvgIpc) is 3.59. The average molecular weight is 1250 g/mol. The van der Waals surface area contributed by atoms with Crippen LogP contribution in [-0.2, 0) is 14.3 Å². The summed E-state index contributed by atoms with van der Waals surface area (Å²) in [5, 5.41) is 23.4. The van der Waals surface area contributed by atoms with E-state index in [9.17, 15) is 19.8 Å². The molecule has 0 bridgehead atoms. The summed E-state index contributed by atoms with van der Waals surface area (Å²) in [4.78, 5) is 24.6. The van der Waals surface area contributed by atoms with Gasteiger partial charge in [0.1, 0.15) is 0 Å². The molecule has 0 saturated heterocycles. The van der Waals surface area contributed by atoms with E-state index >= 15 is 0 Å². The third-order valence-corrected chi connectivity index (χ3v) is 19.2. The fourth-order valence-corrected chi connectivity index (χ4v) is 13.0. The van der Waals surface area contributed by atoms with Crippen molar-refractivity contribution in [2.45, 2.75) is 469 Å². The van der Waals surface area contributed by atoms with Crippen LogP contribution in [0.2, 0.25) is 0 Å². The van der Waals surface area contributed by atoms with Crippen LogP contribution in [0.4, 0.5) is 0 Å². The molecule has 6 nitrogen and oxygen atoms in total. The molecule has 0 aliphatic rings. The quantitative estimate of drug-likeness (QED) is 0.0320. The maximum absolute atomic E-state index is 12.5. The number of esters is 1. The predicted octanol–water partition coefficient (Wildman–Crippen LogP) is 27.0. The second-order valence-corrected chi connectivity index (χ2v) is 28.1. The Morgan fingerprint density at radius 2 is 0.562 bits per heavy atom. The van der Waals surface area contributed by atoms with E-state index in [0.29, 0.717) is 25.9 Å². The highest BCUT2D eigenvalue weighted by Gasteiger charge is 2.20. The molecule has 3 N–H and O–H groups in total. The maximum atomic E-state index is 12.5. The summed E-state index contributed by atoms with van der Waals surface area (Å²) in [6.45, 7) is 4.99. The second-order valence-electron chi connectivity index (χ2n) is 28.1. The van der Waals surface area contributed by atoms with Gasteiger partial charge in [-0.25, -0.2) is 0 Å². The minimum Gasteiger partial charge on any atom is -0.466 e. The molecule has 0 aliphatic heterocycles. The number of unbranched alkanes of at least 4 members (excludes halogenated alkanes) is 60. The standard InChI is InChI=1S/C83H159NO5/c1-3-5-7-9-11-13-15-17-19-20-45-49-53-57-61-65-69-73-77-83(88)89-78-74-70-66-62-58-54-50-46-43-41-39-37-35-33-31-29-27-25-23-21-22-24-26-28-30-32-34-36-38-40-42-44-48-52-56-60-64-68-72-76-82(87)84-80(79-85)81(86)75-71-67-63-59-55-51-47-18-16-14-12-10-8-6-4-2/h19-22,25,27,80-81,85-86H,3-18,23-24,26,28-79H2,1-2H3,(H,84,87)/b20-19-,22-21-,27-25-. The first-order valence-corrected chi connectivity index (χ1v) is 40.7. The number of rotatable bonds is 77. The van der Waals surface area contributed by atoms with Gasteiger partial charge in [-0.2, -0.15) is 0 Å². The van der Waals surface area contributed by atoms with Gasteiger partial charge in [0.25, 0.3) is 0 Å². The Kier molecular flexibility index (Phi) is 76.8. The predicted molar refractivity (Wildman–Crippen MR) is 393 cm³/mol. The van der Waals surface area contributed by atoms with Crippen LogP contribution in [0, 0.1) is 0 Å². The van der Waals surface area contributed by atoms with Crippen LogP contribution >= 0.6 is 0 Å². The molecule has 2 atom stereocenters. The monoisotopic (exact) mass is 1250 g/mol. The van der Waals surface area contributed by atoms with Gasteiger partial charge in [-0.1, -0.05) is 397 Å². The Labute approximate surface area is 557 Å². The maximum Gasteiger partial charge on any atom is 0.305 e. The summed E-state index contributed by atoms with van der Waals surface area (Å²) in [5.41, 5.74) is 0. The molecule has 526 valence electrons. The number of amides is 1. The van der Waals surface area contributed by atoms with E-state index in [1.807, 2.05) is 0 Å². The number of aliphatic hydroxyl groups is 2. The van der Waals surface area contributed by atoms with Gasteiger partial charge in [0.15, 0.2) is 0 Å². The lowest BCUT2D eigenvalue weighted by Gasteiger charge is -2.22. The van der Waals surface area contributed by atoms with Crippen molar-refractivity contribution in [3.63, 3.8) is 0 Å². The zero-order chi connectivity index (χ0) is 64.2. The molecule has 89 heavy (non-hydrogen) atoms. The number of carbonyl (C=O) groups is 2. The minimum absolute atomic E-state index is 0.0182. The molecule has 0 spiro atoms. The number of hydrogen-bond donors (Lipinski definition) is 3. The molecule has 0 aliphatic carbocycles. The van der Waals surface area contributed by atoms with E-state index < -0.39 is 12.1 Å². The van der Waals surface area contributed by atoms with E-state index in [4.69, 9.17) is 4.74 Å². The Morgan fingerprint density at radius 1 is 0.315 bits per heavy atom. The molecular formula is C83H159NO5. The van der Waals surface area contributed by atoms with Gasteiger partial charge in [0.05, 0.1) is 25.4 Å². The fraction of sp³-hybridized carbons (Fsp3) is 0.904. The number of aliphatic hydroxyl groups excluding tert-OH is 2. The largest absolute Gasteiger partial charge is 0.466 e. The summed E-state index contributed by atoms with van der Waals surface area (Å²) in [6, 6.07) is -0.539. The zero-order valence-corrected chi connectivity index (χ0v) is 60.4. The number of nitrogens with one attached hydrogen (secondary N) is 1. The highest BCUT2D eigenvalue weighted by molar-refractivity contribution is 5.76. The van der Waals surface area contributed by atoms with Crippen molar-refractivity contribution < 1.29 is 24.5 Å². The van der Waals surface area contributed by atoms with Crippen molar-refractivity contribution in [1.82, 2.24) is 5.32 Å². The summed E-state index contributed by atoms with van der Waals surface area (Å²) < 4.78 is 5.51. The second kappa shape index (κ2) is 78.5. The summed E-state index contributed by atoms with van der Waals surface area (Å²) in [5.74, 6) is -0.0104. The first kappa shape index (κ1) is 87.1. The van der Waals surface area contributed by atoms with E-state index in [0.717, 1.165) is 51.4 Å². The van der Waals surface area contributed by atoms with Gasteiger partial charge in [-0.15, -0.1) is 0 Å². The highest BCUT2D eigenvalue weighted by atomic mass is 16.5. The van der Waals surface area contributed by atoms with Gasteiger partial charge in [-0.05, 0) is 83.5 Å². The van der Waals surface area contributed by atoms with Crippen molar-refractivity contribution in [2.75, 3.05) is 13.2 Å². The van der Waals surface area contributed by atoms with Gasteiger partial charge in [-0.3, -0.25) is 9.59 Å². The van der Waals surface area contributed by atoms with Crippen LogP contribution in [0.3, 0.4) is 0 Å².